The summed E-state index contributed by atoms with van der Waals surface area (Å²) in [5.74, 6) is 0.414. The number of aromatic nitrogens is 1. The number of hydrogen-bond acceptors (Lipinski definition) is 4. The summed E-state index contributed by atoms with van der Waals surface area (Å²) in [5.41, 5.74) is 0.901. The molecule has 6 heteroatoms. The molecule has 0 aromatic carbocycles. The van der Waals surface area contributed by atoms with Gasteiger partial charge in [-0.25, -0.2) is 9.78 Å². The number of rotatable bonds is 5. The van der Waals surface area contributed by atoms with Crippen molar-refractivity contribution in [3.63, 3.8) is 0 Å². The van der Waals surface area contributed by atoms with Gasteiger partial charge in [-0.3, -0.25) is 0 Å². The van der Waals surface area contributed by atoms with Crippen LogP contribution in [0, 0.1) is 0 Å². The van der Waals surface area contributed by atoms with E-state index in [-0.39, 0.29) is 18.7 Å². The molecule has 0 fully saturated rings. The fraction of sp³-hybridized carbons (Fsp3) is 0.667. The third-order valence-electron chi connectivity index (χ3n) is 2.45. The summed E-state index contributed by atoms with van der Waals surface area (Å²) >= 11 is 1.62. The van der Waals surface area contributed by atoms with Gasteiger partial charge in [0, 0.05) is 18.3 Å². The van der Waals surface area contributed by atoms with Crippen LogP contribution < -0.4 is 5.32 Å². The van der Waals surface area contributed by atoms with Crippen LogP contribution in [-0.4, -0.2) is 40.7 Å². The van der Waals surface area contributed by atoms with E-state index in [9.17, 15) is 4.79 Å². The molecule has 1 aromatic heterocycles. The van der Waals surface area contributed by atoms with E-state index in [1.165, 1.54) is 0 Å². The van der Waals surface area contributed by atoms with Crippen molar-refractivity contribution in [3.8, 4) is 0 Å². The van der Waals surface area contributed by atoms with E-state index in [4.69, 9.17) is 5.11 Å². The predicted octanol–water partition coefficient (Wildman–Crippen LogP) is 1.79. The molecule has 102 valence electrons. The Bertz CT molecular complexity index is 392. The lowest BCUT2D eigenvalue weighted by Crippen LogP contribution is -2.43. The molecule has 1 atom stereocenters. The van der Waals surface area contributed by atoms with Crippen molar-refractivity contribution < 1.29 is 9.90 Å². The molecule has 0 spiro atoms. The second-order valence-electron chi connectivity index (χ2n) is 4.72. The average molecular weight is 271 g/mol. The molecule has 1 unspecified atom stereocenters. The lowest BCUT2D eigenvalue weighted by Gasteiger charge is -2.19. The molecule has 1 heterocycles. The number of thiazole rings is 1. The first-order valence-electron chi connectivity index (χ1n) is 6.00. The van der Waals surface area contributed by atoms with Gasteiger partial charge in [0.05, 0.1) is 29.9 Å². The van der Waals surface area contributed by atoms with Crippen LogP contribution in [0.1, 0.15) is 37.4 Å². The maximum atomic E-state index is 11.7. The van der Waals surface area contributed by atoms with E-state index in [1.807, 2.05) is 5.38 Å². The first-order valence-corrected chi connectivity index (χ1v) is 6.88. The second kappa shape index (κ2) is 6.70. The Hall–Kier alpha value is -1.14. The highest BCUT2D eigenvalue weighted by atomic mass is 32.1. The number of hydrogen-bond donors (Lipinski definition) is 2. The zero-order valence-corrected chi connectivity index (χ0v) is 12.1. The summed E-state index contributed by atoms with van der Waals surface area (Å²) in [6.07, 6.45) is 0. The van der Waals surface area contributed by atoms with Crippen molar-refractivity contribution in [2.45, 2.75) is 39.3 Å². The Morgan fingerprint density at radius 1 is 1.56 bits per heavy atom. The van der Waals surface area contributed by atoms with Gasteiger partial charge in [-0.15, -0.1) is 11.3 Å². The number of amides is 2. The number of carbonyl (C=O) groups excluding carboxylic acids is 1. The zero-order chi connectivity index (χ0) is 13.7. The van der Waals surface area contributed by atoms with E-state index in [0.717, 1.165) is 10.7 Å². The largest absolute Gasteiger partial charge is 0.394 e. The Morgan fingerprint density at radius 2 is 2.22 bits per heavy atom. The Balaban J connectivity index is 2.52. The molecule has 18 heavy (non-hydrogen) atoms. The molecule has 2 amide bonds. The summed E-state index contributed by atoms with van der Waals surface area (Å²) in [4.78, 5) is 17.8. The summed E-state index contributed by atoms with van der Waals surface area (Å²) in [6.45, 7) is 6.37. The standard InChI is InChI=1S/C12H21N3O2S/c1-8(2)11-14-10(7-18-11)5-15(4)12(17)13-9(3)6-16/h7-9,16H,5-6H2,1-4H3,(H,13,17). The maximum absolute atomic E-state index is 11.7. The van der Waals surface area contributed by atoms with E-state index >= 15 is 0 Å². The van der Waals surface area contributed by atoms with Gasteiger partial charge in [0.2, 0.25) is 0 Å². The molecule has 0 radical (unpaired) electrons. The fourth-order valence-corrected chi connectivity index (χ4v) is 2.17. The van der Waals surface area contributed by atoms with Crippen molar-refractivity contribution >= 4 is 17.4 Å². The highest BCUT2D eigenvalue weighted by molar-refractivity contribution is 7.09. The molecule has 0 aliphatic carbocycles. The van der Waals surface area contributed by atoms with Gasteiger partial charge in [-0.2, -0.15) is 0 Å². The van der Waals surface area contributed by atoms with Crippen LogP contribution in [-0.2, 0) is 6.54 Å². The van der Waals surface area contributed by atoms with Gasteiger partial charge in [0.25, 0.3) is 0 Å². The average Bonchev–Trinajstić information content (AvgIpc) is 2.77. The third kappa shape index (κ3) is 4.27. The predicted molar refractivity (Wildman–Crippen MR) is 72.7 cm³/mol. The van der Waals surface area contributed by atoms with Crippen LogP contribution >= 0.6 is 11.3 Å². The quantitative estimate of drug-likeness (QED) is 0.858. The van der Waals surface area contributed by atoms with Crippen LogP contribution in [0.4, 0.5) is 4.79 Å². The third-order valence-corrected chi connectivity index (χ3v) is 3.65. The molecule has 0 aliphatic rings. The molecule has 1 rings (SSSR count). The minimum atomic E-state index is -0.235. The monoisotopic (exact) mass is 271 g/mol. The van der Waals surface area contributed by atoms with Crippen molar-refractivity contribution in [2.75, 3.05) is 13.7 Å². The Morgan fingerprint density at radius 3 is 2.72 bits per heavy atom. The molecule has 0 bridgehead atoms. The summed E-state index contributed by atoms with van der Waals surface area (Å²) in [6, 6.07) is -0.433. The number of carbonyl (C=O) groups is 1. The lowest BCUT2D eigenvalue weighted by atomic mass is 10.2. The normalized spacial score (nSPS) is 12.6. The number of urea groups is 1. The van der Waals surface area contributed by atoms with Crippen molar-refractivity contribution in [2.24, 2.45) is 0 Å². The highest BCUT2D eigenvalue weighted by Crippen LogP contribution is 2.19. The number of aliphatic hydroxyl groups excluding tert-OH is 1. The van der Waals surface area contributed by atoms with Gasteiger partial charge in [-0.1, -0.05) is 13.8 Å². The van der Waals surface area contributed by atoms with Crippen LogP contribution in [0.3, 0.4) is 0 Å². The van der Waals surface area contributed by atoms with E-state index < -0.39 is 0 Å². The molecular weight excluding hydrogens is 250 g/mol. The van der Waals surface area contributed by atoms with E-state index in [1.54, 1.807) is 30.2 Å². The highest BCUT2D eigenvalue weighted by Gasteiger charge is 2.13. The van der Waals surface area contributed by atoms with Crippen molar-refractivity contribution in [1.82, 2.24) is 15.2 Å². The lowest BCUT2D eigenvalue weighted by molar-refractivity contribution is 0.191. The van der Waals surface area contributed by atoms with Crippen LogP contribution in [0.25, 0.3) is 0 Å². The van der Waals surface area contributed by atoms with Crippen LogP contribution in [0.15, 0.2) is 5.38 Å². The Kier molecular flexibility index (Phi) is 5.55. The van der Waals surface area contributed by atoms with Gasteiger partial charge >= 0.3 is 6.03 Å². The molecule has 1 aromatic rings. The SMILES string of the molecule is CC(CO)NC(=O)N(C)Cc1csc(C(C)C)n1. The molecular formula is C12H21N3O2S. The topological polar surface area (TPSA) is 65.5 Å². The van der Waals surface area contributed by atoms with E-state index in [0.29, 0.717) is 12.5 Å². The molecule has 0 saturated carbocycles. The second-order valence-corrected chi connectivity index (χ2v) is 5.61. The maximum Gasteiger partial charge on any atom is 0.317 e. The Labute approximate surface area is 112 Å². The fourth-order valence-electron chi connectivity index (χ4n) is 1.34. The first-order chi connectivity index (χ1) is 8.43. The number of nitrogens with one attached hydrogen (secondary N) is 1. The molecule has 0 aliphatic heterocycles. The van der Waals surface area contributed by atoms with Crippen molar-refractivity contribution in [1.29, 1.82) is 0 Å². The summed E-state index contributed by atoms with van der Waals surface area (Å²) in [5, 5.41) is 14.6. The van der Waals surface area contributed by atoms with Crippen molar-refractivity contribution in [3.05, 3.63) is 16.1 Å². The van der Waals surface area contributed by atoms with Gasteiger partial charge < -0.3 is 15.3 Å². The van der Waals surface area contributed by atoms with Crippen LogP contribution in [0.2, 0.25) is 0 Å². The van der Waals surface area contributed by atoms with Gasteiger partial charge in [0.15, 0.2) is 0 Å². The summed E-state index contributed by atoms with van der Waals surface area (Å²) in [7, 11) is 1.72. The molecule has 2 N–H and O–H groups in total. The number of nitrogens with zero attached hydrogens (tertiary/aromatic N) is 2. The van der Waals surface area contributed by atoms with Gasteiger partial charge in [0.1, 0.15) is 0 Å². The zero-order valence-electron chi connectivity index (χ0n) is 11.3. The first kappa shape index (κ1) is 14.9. The smallest absolute Gasteiger partial charge is 0.317 e. The molecule has 5 nitrogen and oxygen atoms in total. The van der Waals surface area contributed by atoms with Crippen LogP contribution in [0.5, 0.6) is 0 Å². The molecule has 0 saturated heterocycles. The minimum Gasteiger partial charge on any atom is -0.394 e. The van der Waals surface area contributed by atoms with E-state index in [2.05, 4.69) is 24.1 Å². The minimum absolute atomic E-state index is 0.0617. The summed E-state index contributed by atoms with van der Waals surface area (Å²) < 4.78 is 0. The number of aliphatic hydroxyl groups is 1. The van der Waals surface area contributed by atoms with Gasteiger partial charge in [-0.05, 0) is 6.92 Å².